The molecule has 32 heavy (non-hydrogen) atoms. The van der Waals surface area contributed by atoms with Gasteiger partial charge in [-0.1, -0.05) is 54.6 Å². The fraction of sp³-hybridized carbons (Fsp3) is 0.0357. The number of pyridine rings is 2. The Bertz CT molecular complexity index is 1420. The highest BCUT2D eigenvalue weighted by molar-refractivity contribution is 5.87. The molecule has 0 bridgehead atoms. The number of hydrogen-bond donors (Lipinski definition) is 0. The monoisotopic (exact) mass is 413 g/mol. The van der Waals surface area contributed by atoms with Crippen LogP contribution in [-0.2, 0) is 6.61 Å². The Morgan fingerprint density at radius 2 is 1.56 bits per heavy atom. The molecule has 5 aromatic rings. The highest BCUT2D eigenvalue weighted by Gasteiger charge is 2.12. The highest BCUT2D eigenvalue weighted by atomic mass is 16.5. The second-order valence-electron chi connectivity index (χ2n) is 7.40. The van der Waals surface area contributed by atoms with Crippen molar-refractivity contribution in [3.05, 3.63) is 115 Å². The van der Waals surface area contributed by atoms with E-state index in [2.05, 4.69) is 28.2 Å². The lowest BCUT2D eigenvalue weighted by Gasteiger charge is -2.13. The number of fused-ring (bicyclic) bond motifs is 1. The molecule has 0 N–H and O–H groups in total. The van der Waals surface area contributed by atoms with Gasteiger partial charge in [-0.25, -0.2) is 4.98 Å². The normalized spacial score (nSPS) is 10.6. The van der Waals surface area contributed by atoms with Crippen LogP contribution in [0.3, 0.4) is 0 Å². The average Bonchev–Trinajstić information content (AvgIpc) is 2.87. The van der Waals surface area contributed by atoms with E-state index in [1.54, 1.807) is 12.4 Å². The lowest BCUT2D eigenvalue weighted by atomic mass is 9.91. The number of hydrogen-bond acceptors (Lipinski definition) is 4. The fourth-order valence-corrected chi connectivity index (χ4v) is 3.78. The summed E-state index contributed by atoms with van der Waals surface area (Å²) in [6, 6.07) is 32.1. The molecule has 0 radical (unpaired) electrons. The molecule has 2 heterocycles. The number of aromatic nitrogens is 2. The average molecular weight is 413 g/mol. The Hall–Kier alpha value is -4.49. The number of ether oxygens (including phenoxy) is 1. The molecule has 4 nitrogen and oxygen atoms in total. The molecule has 0 spiro atoms. The first-order chi connectivity index (χ1) is 15.8. The van der Waals surface area contributed by atoms with Gasteiger partial charge in [-0.2, -0.15) is 5.26 Å². The molecule has 5 rings (SSSR count). The van der Waals surface area contributed by atoms with Gasteiger partial charge in [0.15, 0.2) is 0 Å². The SMILES string of the molecule is N#Cc1cccc(-c2ccc(COc3ccc4ccccc4n3)cc2)c1-c1ccncc1. The zero-order chi connectivity index (χ0) is 21.8. The third-order valence-corrected chi connectivity index (χ3v) is 5.38. The Morgan fingerprint density at radius 1 is 0.750 bits per heavy atom. The molecule has 0 fully saturated rings. The van der Waals surface area contributed by atoms with Gasteiger partial charge in [-0.15, -0.1) is 0 Å². The van der Waals surface area contributed by atoms with E-state index < -0.39 is 0 Å². The van der Waals surface area contributed by atoms with Crippen LogP contribution in [0, 0.1) is 11.3 Å². The molecule has 0 amide bonds. The van der Waals surface area contributed by atoms with E-state index in [9.17, 15) is 5.26 Å². The minimum absolute atomic E-state index is 0.432. The summed E-state index contributed by atoms with van der Waals surface area (Å²) >= 11 is 0. The van der Waals surface area contributed by atoms with Gasteiger partial charge in [0.05, 0.1) is 17.1 Å². The van der Waals surface area contributed by atoms with E-state index in [-0.39, 0.29) is 0 Å². The minimum Gasteiger partial charge on any atom is -0.473 e. The van der Waals surface area contributed by atoms with Crippen molar-refractivity contribution < 1.29 is 4.74 Å². The number of rotatable bonds is 5. The van der Waals surface area contributed by atoms with Crippen LogP contribution >= 0.6 is 0 Å². The Balaban J connectivity index is 1.40. The van der Waals surface area contributed by atoms with Crippen molar-refractivity contribution in [2.45, 2.75) is 6.61 Å². The van der Waals surface area contributed by atoms with Crippen LogP contribution < -0.4 is 4.74 Å². The summed E-state index contributed by atoms with van der Waals surface area (Å²) in [5, 5.41) is 10.7. The van der Waals surface area contributed by atoms with Crippen molar-refractivity contribution in [3.63, 3.8) is 0 Å². The first-order valence-corrected chi connectivity index (χ1v) is 10.3. The van der Waals surface area contributed by atoms with Gasteiger partial charge in [-0.05, 0) is 52.6 Å². The quantitative estimate of drug-likeness (QED) is 0.334. The maximum absolute atomic E-state index is 9.65. The topological polar surface area (TPSA) is 58.8 Å². The summed E-state index contributed by atoms with van der Waals surface area (Å²) < 4.78 is 5.91. The molecule has 0 saturated heterocycles. The first-order valence-electron chi connectivity index (χ1n) is 10.3. The number of nitrogens with zero attached hydrogens (tertiary/aromatic N) is 3. The molecule has 0 unspecified atom stereocenters. The predicted octanol–water partition coefficient (Wildman–Crippen LogP) is 6.41. The van der Waals surface area contributed by atoms with Crippen molar-refractivity contribution in [2.24, 2.45) is 0 Å². The highest BCUT2D eigenvalue weighted by Crippen LogP contribution is 2.34. The summed E-state index contributed by atoms with van der Waals surface area (Å²) in [4.78, 5) is 8.66. The molecule has 3 aromatic carbocycles. The van der Waals surface area contributed by atoms with Gasteiger partial charge >= 0.3 is 0 Å². The van der Waals surface area contributed by atoms with Gasteiger partial charge < -0.3 is 4.74 Å². The first kappa shape index (κ1) is 19.5. The lowest BCUT2D eigenvalue weighted by molar-refractivity contribution is 0.295. The van der Waals surface area contributed by atoms with Crippen molar-refractivity contribution in [1.29, 1.82) is 5.26 Å². The molecule has 0 aliphatic heterocycles. The van der Waals surface area contributed by atoms with E-state index in [1.165, 1.54) is 0 Å². The van der Waals surface area contributed by atoms with Crippen molar-refractivity contribution >= 4 is 10.9 Å². The zero-order valence-electron chi connectivity index (χ0n) is 17.3. The van der Waals surface area contributed by atoms with Crippen LogP contribution in [0.4, 0.5) is 0 Å². The Labute approximate surface area is 186 Å². The van der Waals surface area contributed by atoms with Gasteiger partial charge in [-0.3, -0.25) is 4.98 Å². The molecule has 0 saturated carbocycles. The van der Waals surface area contributed by atoms with E-state index >= 15 is 0 Å². The summed E-state index contributed by atoms with van der Waals surface area (Å²) in [6.07, 6.45) is 3.49. The summed E-state index contributed by atoms with van der Waals surface area (Å²) in [7, 11) is 0. The standard InChI is InChI=1S/C28H19N3O/c29-18-24-5-3-6-25(28(24)23-14-16-30-17-15-23)21-10-8-20(9-11-21)19-32-27-13-12-22-4-1-2-7-26(22)31-27/h1-17H,19H2. The number of benzene rings is 3. The van der Waals surface area contributed by atoms with Gasteiger partial charge in [0.1, 0.15) is 6.61 Å². The summed E-state index contributed by atoms with van der Waals surface area (Å²) in [5.41, 5.74) is 6.56. The van der Waals surface area contributed by atoms with Gasteiger partial charge in [0, 0.05) is 29.4 Å². The van der Waals surface area contributed by atoms with E-state index in [1.807, 2.05) is 78.9 Å². The molecule has 152 valence electrons. The molecule has 0 atom stereocenters. The molecule has 0 aliphatic rings. The lowest BCUT2D eigenvalue weighted by Crippen LogP contribution is -1.97. The number of para-hydroxylation sites is 1. The third-order valence-electron chi connectivity index (χ3n) is 5.38. The summed E-state index contributed by atoms with van der Waals surface area (Å²) in [5.74, 6) is 0.606. The predicted molar refractivity (Wildman–Crippen MR) is 126 cm³/mol. The molecule has 2 aromatic heterocycles. The molecule has 0 aliphatic carbocycles. The maximum atomic E-state index is 9.65. The van der Waals surface area contributed by atoms with E-state index in [0.717, 1.165) is 38.7 Å². The van der Waals surface area contributed by atoms with Crippen LogP contribution in [-0.4, -0.2) is 9.97 Å². The van der Waals surface area contributed by atoms with Gasteiger partial charge in [0.2, 0.25) is 5.88 Å². The second kappa shape index (κ2) is 8.71. The van der Waals surface area contributed by atoms with Crippen LogP contribution in [0.1, 0.15) is 11.1 Å². The maximum Gasteiger partial charge on any atom is 0.214 e. The van der Waals surface area contributed by atoms with Crippen LogP contribution in [0.2, 0.25) is 0 Å². The van der Waals surface area contributed by atoms with Crippen LogP contribution in [0.5, 0.6) is 5.88 Å². The van der Waals surface area contributed by atoms with Crippen LogP contribution in [0.25, 0.3) is 33.2 Å². The zero-order valence-corrected chi connectivity index (χ0v) is 17.3. The Morgan fingerprint density at radius 3 is 2.38 bits per heavy atom. The van der Waals surface area contributed by atoms with Crippen molar-refractivity contribution in [1.82, 2.24) is 9.97 Å². The van der Waals surface area contributed by atoms with E-state index in [4.69, 9.17) is 4.74 Å². The van der Waals surface area contributed by atoms with Gasteiger partial charge in [0.25, 0.3) is 0 Å². The summed E-state index contributed by atoms with van der Waals surface area (Å²) in [6.45, 7) is 0.432. The molecular formula is C28H19N3O. The molecule has 4 heteroatoms. The molecular weight excluding hydrogens is 394 g/mol. The third kappa shape index (κ3) is 3.92. The fourth-order valence-electron chi connectivity index (χ4n) is 3.78. The smallest absolute Gasteiger partial charge is 0.214 e. The van der Waals surface area contributed by atoms with Crippen molar-refractivity contribution in [3.8, 4) is 34.2 Å². The number of nitriles is 1. The Kier molecular flexibility index (Phi) is 5.30. The largest absolute Gasteiger partial charge is 0.473 e. The van der Waals surface area contributed by atoms with Crippen molar-refractivity contribution in [2.75, 3.05) is 0 Å². The van der Waals surface area contributed by atoms with E-state index in [0.29, 0.717) is 18.1 Å². The second-order valence-corrected chi connectivity index (χ2v) is 7.40. The minimum atomic E-state index is 0.432. The van der Waals surface area contributed by atoms with Crippen LogP contribution in [0.15, 0.2) is 103 Å².